The average molecular weight is 280 g/mol. The molecular formula is C11H18ClNO3S. The molecule has 0 bridgehead atoms. The second-order valence-electron chi connectivity index (χ2n) is 5.21. The fourth-order valence-corrected chi connectivity index (χ4v) is 4.89. The van der Waals surface area contributed by atoms with Crippen molar-refractivity contribution in [2.45, 2.75) is 57.4 Å². The molecule has 1 aliphatic heterocycles. The first kappa shape index (κ1) is 13.1. The number of halogens is 1. The molecule has 1 saturated carbocycles. The van der Waals surface area contributed by atoms with E-state index in [-0.39, 0.29) is 5.91 Å². The van der Waals surface area contributed by atoms with Crippen LogP contribution in [0.5, 0.6) is 0 Å². The third kappa shape index (κ3) is 2.32. The number of carbonyl (C=O) groups is 1. The van der Waals surface area contributed by atoms with Crippen LogP contribution in [0.15, 0.2) is 0 Å². The van der Waals surface area contributed by atoms with Crippen LogP contribution in [0.2, 0.25) is 0 Å². The Morgan fingerprint density at radius 2 is 2.12 bits per heavy atom. The molecule has 2 aliphatic rings. The lowest BCUT2D eigenvalue weighted by Gasteiger charge is -2.49. The molecule has 2 unspecified atom stereocenters. The van der Waals surface area contributed by atoms with Crippen LogP contribution >= 0.6 is 10.7 Å². The quantitative estimate of drug-likeness (QED) is 0.576. The van der Waals surface area contributed by atoms with Crippen molar-refractivity contribution in [2.24, 2.45) is 5.92 Å². The Bertz CT molecular complexity index is 422. The molecule has 1 spiro atoms. The summed E-state index contributed by atoms with van der Waals surface area (Å²) in [5, 5.41) is 0. The highest BCUT2D eigenvalue weighted by atomic mass is 35.7. The van der Waals surface area contributed by atoms with Crippen LogP contribution in [-0.2, 0) is 14.0 Å². The van der Waals surface area contributed by atoms with Crippen molar-refractivity contribution in [1.29, 1.82) is 0 Å². The molecule has 17 heavy (non-hydrogen) atoms. The van der Waals surface area contributed by atoms with Crippen LogP contribution < -0.4 is 0 Å². The molecule has 98 valence electrons. The highest BCUT2D eigenvalue weighted by Crippen LogP contribution is 2.46. The fourth-order valence-electron chi connectivity index (χ4n) is 3.20. The monoisotopic (exact) mass is 279 g/mol. The molecule has 0 aromatic heterocycles. The highest BCUT2D eigenvalue weighted by molar-refractivity contribution is 8.12. The minimum absolute atomic E-state index is 0.343. The summed E-state index contributed by atoms with van der Waals surface area (Å²) in [7, 11) is 1.45. The molecule has 0 radical (unpaired) electrons. The van der Waals surface area contributed by atoms with E-state index in [1.165, 1.54) is 0 Å². The van der Waals surface area contributed by atoms with Crippen molar-refractivity contribution in [3.63, 3.8) is 0 Å². The van der Waals surface area contributed by atoms with E-state index in [1.807, 2.05) is 0 Å². The maximum absolute atomic E-state index is 11.5. The predicted molar refractivity (Wildman–Crippen MR) is 65.8 cm³/mol. The van der Waals surface area contributed by atoms with Gasteiger partial charge in [0.05, 0.1) is 12.0 Å². The topological polar surface area (TPSA) is 54.5 Å². The van der Waals surface area contributed by atoms with E-state index in [4.69, 9.17) is 10.7 Å². The molecule has 2 atom stereocenters. The second-order valence-corrected chi connectivity index (χ2v) is 7.57. The maximum Gasteiger partial charge on any atom is 0.324 e. The number of amides is 1. The van der Waals surface area contributed by atoms with E-state index in [2.05, 4.69) is 6.92 Å². The summed E-state index contributed by atoms with van der Waals surface area (Å²) in [4.78, 5) is 11.5. The third-order valence-corrected chi connectivity index (χ3v) is 5.65. The molecule has 1 amide bonds. The Balaban J connectivity index is 2.18. The third-order valence-electron chi connectivity index (χ3n) is 4.21. The summed E-state index contributed by atoms with van der Waals surface area (Å²) in [5.41, 5.74) is -0.498. The molecule has 1 aliphatic carbocycles. The van der Waals surface area contributed by atoms with Gasteiger partial charge in [0.25, 0.3) is 0 Å². The Morgan fingerprint density at radius 1 is 1.41 bits per heavy atom. The summed E-state index contributed by atoms with van der Waals surface area (Å²) in [6.07, 6.45) is 6.10. The van der Waals surface area contributed by atoms with Crippen LogP contribution in [-0.4, -0.2) is 24.2 Å². The lowest BCUT2D eigenvalue weighted by atomic mass is 9.80. The highest BCUT2D eigenvalue weighted by Gasteiger charge is 2.56. The van der Waals surface area contributed by atoms with Crippen molar-refractivity contribution in [3.05, 3.63) is 0 Å². The van der Waals surface area contributed by atoms with Gasteiger partial charge in [0.1, 0.15) is 0 Å². The van der Waals surface area contributed by atoms with E-state index in [1.54, 1.807) is 0 Å². The van der Waals surface area contributed by atoms with E-state index < -0.39 is 14.8 Å². The largest absolute Gasteiger partial charge is 0.324 e. The van der Waals surface area contributed by atoms with Crippen molar-refractivity contribution >= 4 is 25.8 Å². The minimum Gasteiger partial charge on any atom is -0.274 e. The van der Waals surface area contributed by atoms with Gasteiger partial charge in [-0.3, -0.25) is 4.79 Å². The lowest BCUT2D eigenvalue weighted by molar-refractivity contribution is -0.146. The fraction of sp³-hybridized carbons (Fsp3) is 0.909. The van der Waals surface area contributed by atoms with Crippen LogP contribution in [0.25, 0.3) is 0 Å². The number of rotatable bonds is 2. The second kappa shape index (κ2) is 4.43. The predicted octanol–water partition coefficient (Wildman–Crippen LogP) is 2.43. The lowest BCUT2D eigenvalue weighted by Crippen LogP contribution is -2.64. The maximum atomic E-state index is 11.5. The van der Waals surface area contributed by atoms with Gasteiger partial charge < -0.3 is 0 Å². The molecule has 4 nitrogen and oxygen atoms in total. The Hall–Kier alpha value is -0.290. The van der Waals surface area contributed by atoms with Gasteiger partial charge in [-0.15, -0.1) is 0 Å². The summed E-state index contributed by atoms with van der Waals surface area (Å²) < 4.78 is 23.8. The first-order chi connectivity index (χ1) is 7.89. The van der Waals surface area contributed by atoms with Gasteiger partial charge in [-0.2, -0.15) is 8.42 Å². The molecule has 6 heteroatoms. The number of hydrogen-bond donors (Lipinski definition) is 0. The van der Waals surface area contributed by atoms with E-state index in [0.29, 0.717) is 12.3 Å². The first-order valence-electron chi connectivity index (χ1n) is 6.17. The number of carbonyl (C=O) groups excluding carboxylic acids is 1. The molecule has 0 N–H and O–H groups in total. The number of nitrogens with zero attached hydrogens (tertiary/aromatic N) is 1. The molecule has 1 saturated heterocycles. The zero-order valence-electron chi connectivity index (χ0n) is 9.99. The van der Waals surface area contributed by atoms with Crippen molar-refractivity contribution in [2.75, 3.05) is 0 Å². The Labute approximate surface area is 107 Å². The molecule has 1 heterocycles. The molecule has 2 fully saturated rings. The van der Waals surface area contributed by atoms with E-state index in [0.717, 1.165) is 42.8 Å². The van der Waals surface area contributed by atoms with Gasteiger partial charge in [-0.25, -0.2) is 4.31 Å². The molecule has 2 rings (SSSR count). The standard InChI is InChI=1S/C11H18ClNO3S/c1-2-9-4-3-6-11(7-5-9)8-10(14)13(11)17(12,15)16/h9H,2-8H2,1H3. The molecular weight excluding hydrogens is 262 g/mol. The summed E-state index contributed by atoms with van der Waals surface area (Å²) in [5.74, 6) is 0.305. The van der Waals surface area contributed by atoms with Crippen molar-refractivity contribution in [1.82, 2.24) is 4.31 Å². The zero-order valence-corrected chi connectivity index (χ0v) is 11.6. The summed E-state index contributed by atoms with van der Waals surface area (Å²) >= 11 is 0. The van der Waals surface area contributed by atoms with Crippen LogP contribution in [0.3, 0.4) is 0 Å². The summed E-state index contributed by atoms with van der Waals surface area (Å²) in [6.45, 7) is 2.16. The van der Waals surface area contributed by atoms with Gasteiger partial charge in [-0.05, 0) is 25.2 Å². The van der Waals surface area contributed by atoms with Crippen LogP contribution in [0, 0.1) is 5.92 Å². The number of β-lactam (4-membered cyclic amide) rings is 1. The zero-order chi connectivity index (χ0) is 12.7. The first-order valence-corrected chi connectivity index (χ1v) is 8.43. The van der Waals surface area contributed by atoms with E-state index >= 15 is 0 Å². The van der Waals surface area contributed by atoms with Gasteiger partial charge in [-0.1, -0.05) is 26.2 Å². The normalized spacial score (nSPS) is 34.6. The Kier molecular flexibility index (Phi) is 3.42. The van der Waals surface area contributed by atoms with Gasteiger partial charge in [0, 0.05) is 10.7 Å². The van der Waals surface area contributed by atoms with Gasteiger partial charge in [0.15, 0.2) is 0 Å². The van der Waals surface area contributed by atoms with Gasteiger partial charge >= 0.3 is 9.24 Å². The van der Waals surface area contributed by atoms with Gasteiger partial charge in [0.2, 0.25) is 5.91 Å². The van der Waals surface area contributed by atoms with Crippen LogP contribution in [0.1, 0.15) is 51.9 Å². The Morgan fingerprint density at radius 3 is 2.65 bits per heavy atom. The molecule has 0 aromatic carbocycles. The van der Waals surface area contributed by atoms with Crippen molar-refractivity contribution in [3.8, 4) is 0 Å². The average Bonchev–Trinajstić information content (AvgIpc) is 2.38. The van der Waals surface area contributed by atoms with Crippen LogP contribution in [0.4, 0.5) is 0 Å². The minimum atomic E-state index is -3.91. The van der Waals surface area contributed by atoms with Crippen molar-refractivity contribution < 1.29 is 13.2 Å². The molecule has 0 aromatic rings. The number of hydrogen-bond acceptors (Lipinski definition) is 3. The smallest absolute Gasteiger partial charge is 0.274 e. The SMILES string of the molecule is CCC1CCCC2(CC1)CC(=O)N2S(=O)(=O)Cl. The van der Waals surface area contributed by atoms with E-state index in [9.17, 15) is 13.2 Å². The summed E-state index contributed by atoms with van der Waals surface area (Å²) in [6, 6.07) is 0.